The van der Waals surface area contributed by atoms with E-state index in [1.54, 1.807) is 19.1 Å². The molecule has 10 atom stereocenters. The van der Waals surface area contributed by atoms with Gasteiger partial charge in [0.25, 0.3) is 0 Å². The monoisotopic (exact) mass is 576 g/mol. The Morgan fingerprint density at radius 3 is 2.46 bits per heavy atom. The van der Waals surface area contributed by atoms with Gasteiger partial charge >= 0.3 is 17.9 Å². The van der Waals surface area contributed by atoms with Crippen molar-refractivity contribution in [2.45, 2.75) is 117 Å². The number of hydrogen-bond acceptors (Lipinski definition) is 9. The van der Waals surface area contributed by atoms with E-state index in [1.165, 1.54) is 26.0 Å². The molecule has 0 aromatic rings. The second kappa shape index (κ2) is 15.5. The Morgan fingerprint density at radius 2 is 1.85 bits per heavy atom. The molecule has 1 fully saturated rings. The number of epoxide rings is 1. The third kappa shape index (κ3) is 10.9. The fourth-order valence-corrected chi connectivity index (χ4v) is 5.08. The van der Waals surface area contributed by atoms with Crippen LogP contribution in [0, 0.1) is 17.8 Å². The number of rotatable bonds is 10. The summed E-state index contributed by atoms with van der Waals surface area (Å²) in [5, 5.41) is 20.5. The summed E-state index contributed by atoms with van der Waals surface area (Å²) in [5.41, 5.74) is -0.624. The molecule has 9 nitrogen and oxygen atoms in total. The van der Waals surface area contributed by atoms with Crippen LogP contribution < -0.4 is 0 Å². The molecule has 0 radical (unpaired) electrons. The number of hydrogen-bond donors (Lipinski definition) is 2. The van der Waals surface area contributed by atoms with Gasteiger partial charge in [0, 0.05) is 25.7 Å². The number of aliphatic hydroxyl groups is 2. The van der Waals surface area contributed by atoms with E-state index in [2.05, 4.69) is 13.0 Å². The summed E-state index contributed by atoms with van der Waals surface area (Å²) in [5.74, 6) is -1.73. The fraction of sp³-hybridized carbons (Fsp3) is 0.656. The van der Waals surface area contributed by atoms with E-state index in [0.29, 0.717) is 6.42 Å². The van der Waals surface area contributed by atoms with Crippen molar-refractivity contribution in [2.24, 2.45) is 17.8 Å². The van der Waals surface area contributed by atoms with Crippen LogP contribution in [-0.2, 0) is 33.3 Å². The Bertz CT molecular complexity index is 1030. The van der Waals surface area contributed by atoms with E-state index in [-0.39, 0.29) is 42.5 Å². The van der Waals surface area contributed by atoms with Crippen LogP contribution in [0.3, 0.4) is 0 Å². The molecule has 0 aromatic carbocycles. The predicted molar refractivity (Wildman–Crippen MR) is 154 cm³/mol. The maximum Gasteiger partial charge on any atom is 0.309 e. The van der Waals surface area contributed by atoms with Crippen molar-refractivity contribution in [3.05, 3.63) is 48.1 Å². The number of allylic oxidation sites excluding steroid dienone is 3. The highest BCUT2D eigenvalue weighted by atomic mass is 16.6. The van der Waals surface area contributed by atoms with Gasteiger partial charge in [0.2, 0.25) is 0 Å². The van der Waals surface area contributed by atoms with E-state index in [1.807, 2.05) is 39.8 Å². The first kappa shape index (κ1) is 34.5. The molecule has 0 spiro atoms. The number of cyclic esters (lactones) is 1. The van der Waals surface area contributed by atoms with E-state index < -0.39 is 41.8 Å². The molecular weight excluding hydrogens is 528 g/mol. The number of ether oxygens (including phenoxy) is 4. The van der Waals surface area contributed by atoms with Crippen LogP contribution in [-0.4, -0.2) is 70.3 Å². The lowest BCUT2D eigenvalue weighted by molar-refractivity contribution is -0.169. The molecule has 41 heavy (non-hydrogen) atoms. The zero-order valence-corrected chi connectivity index (χ0v) is 25.6. The van der Waals surface area contributed by atoms with Crippen molar-refractivity contribution in [1.29, 1.82) is 0 Å². The molecular formula is C32H48O9. The average molecular weight is 577 g/mol. The molecule has 0 aromatic heterocycles. The molecule has 0 aliphatic carbocycles. The van der Waals surface area contributed by atoms with Gasteiger partial charge in [-0.3, -0.25) is 14.4 Å². The van der Waals surface area contributed by atoms with Crippen LogP contribution >= 0.6 is 0 Å². The Morgan fingerprint density at radius 1 is 1.17 bits per heavy atom. The van der Waals surface area contributed by atoms with E-state index in [0.717, 1.165) is 12.0 Å². The van der Waals surface area contributed by atoms with Gasteiger partial charge in [-0.1, -0.05) is 58.1 Å². The second-order valence-corrected chi connectivity index (χ2v) is 11.6. The van der Waals surface area contributed by atoms with Crippen molar-refractivity contribution in [3.63, 3.8) is 0 Å². The Kier molecular flexibility index (Phi) is 13.0. The summed E-state index contributed by atoms with van der Waals surface area (Å²) in [6.07, 6.45) is 10.3. The highest BCUT2D eigenvalue weighted by molar-refractivity contribution is 5.71. The highest BCUT2D eigenvalue weighted by Crippen LogP contribution is 2.36. The van der Waals surface area contributed by atoms with Crippen LogP contribution in [0.4, 0.5) is 0 Å². The molecule has 230 valence electrons. The Hall–Kier alpha value is -2.75. The highest BCUT2D eigenvalue weighted by Gasteiger charge is 2.45. The number of carbonyl (C=O) groups excluding carboxylic acids is 3. The molecule has 2 N–H and O–H groups in total. The van der Waals surface area contributed by atoms with Gasteiger partial charge in [-0.15, -0.1) is 0 Å². The Balaban J connectivity index is 2.22. The zero-order valence-electron chi connectivity index (χ0n) is 25.6. The van der Waals surface area contributed by atoms with E-state index in [9.17, 15) is 24.6 Å². The molecule has 10 unspecified atom stereocenters. The topological polar surface area (TPSA) is 132 Å². The first-order chi connectivity index (χ1) is 19.2. The van der Waals surface area contributed by atoms with Crippen molar-refractivity contribution in [3.8, 4) is 0 Å². The van der Waals surface area contributed by atoms with Crippen molar-refractivity contribution in [2.75, 3.05) is 0 Å². The molecule has 2 aliphatic heterocycles. The summed E-state index contributed by atoms with van der Waals surface area (Å²) in [6.45, 7) is 13.9. The molecule has 2 rings (SSSR count). The lowest BCUT2D eigenvalue weighted by Crippen LogP contribution is -2.43. The molecule has 2 heterocycles. The molecule has 0 bridgehead atoms. The summed E-state index contributed by atoms with van der Waals surface area (Å²) >= 11 is 0. The zero-order chi connectivity index (χ0) is 30.9. The van der Waals surface area contributed by atoms with Gasteiger partial charge in [0.05, 0.1) is 30.8 Å². The summed E-state index contributed by atoms with van der Waals surface area (Å²) < 4.78 is 22.6. The van der Waals surface area contributed by atoms with Gasteiger partial charge in [-0.2, -0.15) is 0 Å². The van der Waals surface area contributed by atoms with Gasteiger partial charge in [0.15, 0.2) is 11.7 Å². The van der Waals surface area contributed by atoms with E-state index in [4.69, 9.17) is 18.9 Å². The van der Waals surface area contributed by atoms with Crippen LogP contribution in [0.5, 0.6) is 0 Å². The predicted octanol–water partition coefficient (Wildman–Crippen LogP) is 4.37. The quantitative estimate of drug-likeness (QED) is 0.128. The second-order valence-electron chi connectivity index (χ2n) is 11.6. The number of aliphatic hydroxyl groups excluding tert-OH is 2. The van der Waals surface area contributed by atoms with E-state index >= 15 is 0 Å². The normalized spacial score (nSPS) is 33.2. The lowest BCUT2D eigenvalue weighted by atomic mass is 9.92. The summed E-state index contributed by atoms with van der Waals surface area (Å²) in [6, 6.07) is 0. The summed E-state index contributed by atoms with van der Waals surface area (Å²) in [7, 11) is 0. The van der Waals surface area contributed by atoms with Crippen LogP contribution in [0.2, 0.25) is 0 Å². The fourth-order valence-electron chi connectivity index (χ4n) is 5.08. The van der Waals surface area contributed by atoms with Gasteiger partial charge in [-0.25, -0.2) is 0 Å². The van der Waals surface area contributed by atoms with Crippen LogP contribution in [0.15, 0.2) is 48.1 Å². The SMILES string of the molecule is CCC(O)C(C)C1OC1CC(C)C=CC=C(C)C1OC(=O)CC(O)C=CC(C)(OC(C)=O)C(OC(C)=O)C=CC1C. The molecule has 9 heteroatoms. The number of carbonyl (C=O) groups is 3. The number of esters is 3. The standard InChI is InChI=1S/C32H48O9/c1-9-26(36)22(5)31-27(39-31)17-19(2)11-10-12-20(3)30-21(4)13-14-28(38-23(6)33)32(8,41-24(7)34)16-15-25(35)18-29(37)40-30/h10-16,19,21-22,25-28,30-31,35-36H,9,17-18H2,1-8H3. The van der Waals surface area contributed by atoms with Crippen LogP contribution in [0.1, 0.15) is 74.7 Å². The van der Waals surface area contributed by atoms with Crippen molar-refractivity contribution < 1.29 is 43.5 Å². The largest absolute Gasteiger partial charge is 0.457 e. The minimum Gasteiger partial charge on any atom is -0.457 e. The maximum absolute atomic E-state index is 12.7. The van der Waals surface area contributed by atoms with Gasteiger partial charge < -0.3 is 29.2 Å². The van der Waals surface area contributed by atoms with Gasteiger partial charge in [0.1, 0.15) is 6.10 Å². The molecule has 0 saturated carbocycles. The lowest BCUT2D eigenvalue weighted by Gasteiger charge is -2.33. The average Bonchev–Trinajstić information content (AvgIpc) is 3.64. The minimum atomic E-state index is -1.41. The van der Waals surface area contributed by atoms with Crippen LogP contribution in [0.25, 0.3) is 0 Å². The molecule has 2 aliphatic rings. The first-order valence-electron chi connectivity index (χ1n) is 14.5. The third-order valence-electron chi connectivity index (χ3n) is 7.59. The van der Waals surface area contributed by atoms with Crippen molar-refractivity contribution in [1.82, 2.24) is 0 Å². The van der Waals surface area contributed by atoms with Gasteiger partial charge in [-0.05, 0) is 50.3 Å². The molecule has 1 saturated heterocycles. The first-order valence-corrected chi connectivity index (χ1v) is 14.5. The smallest absolute Gasteiger partial charge is 0.309 e. The third-order valence-corrected chi connectivity index (χ3v) is 7.59. The minimum absolute atomic E-state index is 0.0880. The summed E-state index contributed by atoms with van der Waals surface area (Å²) in [4.78, 5) is 36.5. The van der Waals surface area contributed by atoms with Crippen molar-refractivity contribution >= 4 is 17.9 Å². The Labute approximate surface area is 244 Å². The maximum atomic E-state index is 12.7. The molecule has 0 amide bonds.